The molecule has 0 bridgehead atoms. The third-order valence-electron chi connectivity index (χ3n) is 3.27. The number of hydrogen-bond donors (Lipinski definition) is 1. The molecule has 0 heterocycles. The fraction of sp³-hybridized carbons (Fsp3) is 0.538. The highest BCUT2D eigenvalue weighted by molar-refractivity contribution is 5.34. The lowest BCUT2D eigenvalue weighted by molar-refractivity contribution is 0.362. The molecule has 2 N–H and O–H groups in total. The molecule has 15 heavy (non-hydrogen) atoms. The largest absolute Gasteiger partial charge is 0.326 e. The van der Waals surface area contributed by atoms with Crippen LogP contribution >= 0.6 is 0 Å². The van der Waals surface area contributed by atoms with Crippen molar-refractivity contribution in [1.29, 1.82) is 0 Å². The van der Waals surface area contributed by atoms with Crippen LogP contribution in [0.2, 0.25) is 0 Å². The molecule has 0 atom stereocenters. The maximum atomic E-state index is 5.60. The smallest absolute Gasteiger partial charge is 0.0178 e. The van der Waals surface area contributed by atoms with Gasteiger partial charge in [0.1, 0.15) is 0 Å². The first-order chi connectivity index (χ1) is 7.16. The predicted molar refractivity (Wildman–Crippen MR) is 63.8 cm³/mol. The molecule has 1 aliphatic carbocycles. The third-order valence-corrected chi connectivity index (χ3v) is 3.27. The van der Waals surface area contributed by atoms with Crippen molar-refractivity contribution < 1.29 is 0 Å². The van der Waals surface area contributed by atoms with Gasteiger partial charge in [-0.25, -0.2) is 0 Å². The van der Waals surface area contributed by atoms with Crippen LogP contribution in [-0.4, -0.2) is 25.5 Å². The average Bonchev–Trinajstić information content (AvgIpc) is 2.98. The molecule has 2 heteroatoms. The zero-order valence-corrected chi connectivity index (χ0v) is 9.66. The molecule has 1 fully saturated rings. The second-order valence-electron chi connectivity index (χ2n) is 4.92. The van der Waals surface area contributed by atoms with Gasteiger partial charge in [-0.05, 0) is 38.1 Å². The Morgan fingerprint density at radius 3 is 2.20 bits per heavy atom. The summed E-state index contributed by atoms with van der Waals surface area (Å²) < 4.78 is 0. The summed E-state index contributed by atoms with van der Waals surface area (Å²) in [5.41, 5.74) is 8.74. The first-order valence-electron chi connectivity index (χ1n) is 5.60. The van der Waals surface area contributed by atoms with Gasteiger partial charge in [-0.2, -0.15) is 0 Å². The normalized spacial score (nSPS) is 18.1. The standard InChI is InChI=1S/C13H20N2/c1-15(2)10-13(7-8-13)12-5-3-11(9-14)4-6-12/h3-6H,7-10,14H2,1-2H3. The van der Waals surface area contributed by atoms with E-state index in [9.17, 15) is 0 Å². The number of benzene rings is 1. The van der Waals surface area contributed by atoms with Gasteiger partial charge in [0.25, 0.3) is 0 Å². The van der Waals surface area contributed by atoms with E-state index in [2.05, 4.69) is 43.3 Å². The van der Waals surface area contributed by atoms with E-state index in [0.717, 1.165) is 6.54 Å². The summed E-state index contributed by atoms with van der Waals surface area (Å²) in [5.74, 6) is 0. The van der Waals surface area contributed by atoms with Gasteiger partial charge in [-0.3, -0.25) is 0 Å². The molecule has 0 unspecified atom stereocenters. The van der Waals surface area contributed by atoms with Gasteiger partial charge >= 0.3 is 0 Å². The van der Waals surface area contributed by atoms with Crippen LogP contribution in [0.15, 0.2) is 24.3 Å². The van der Waals surface area contributed by atoms with Crippen LogP contribution in [0.5, 0.6) is 0 Å². The van der Waals surface area contributed by atoms with E-state index in [1.165, 1.54) is 24.0 Å². The minimum Gasteiger partial charge on any atom is -0.326 e. The van der Waals surface area contributed by atoms with Crippen LogP contribution in [0.3, 0.4) is 0 Å². The topological polar surface area (TPSA) is 29.3 Å². The van der Waals surface area contributed by atoms with Gasteiger partial charge in [0.05, 0.1) is 0 Å². The Balaban J connectivity index is 2.15. The van der Waals surface area contributed by atoms with Crippen LogP contribution in [0.4, 0.5) is 0 Å². The molecular weight excluding hydrogens is 184 g/mol. The Labute approximate surface area is 92.1 Å². The molecule has 1 aromatic carbocycles. The summed E-state index contributed by atoms with van der Waals surface area (Å²) in [7, 11) is 4.29. The fourth-order valence-corrected chi connectivity index (χ4v) is 2.29. The van der Waals surface area contributed by atoms with Gasteiger partial charge in [-0.15, -0.1) is 0 Å². The van der Waals surface area contributed by atoms with E-state index >= 15 is 0 Å². The Morgan fingerprint density at radius 1 is 1.20 bits per heavy atom. The lowest BCUT2D eigenvalue weighted by Crippen LogP contribution is -2.25. The Hall–Kier alpha value is -0.860. The van der Waals surface area contributed by atoms with Crippen molar-refractivity contribution in [3.05, 3.63) is 35.4 Å². The van der Waals surface area contributed by atoms with Gasteiger partial charge in [0.2, 0.25) is 0 Å². The maximum Gasteiger partial charge on any atom is 0.0178 e. The highest BCUT2D eigenvalue weighted by atomic mass is 15.1. The van der Waals surface area contributed by atoms with Crippen LogP contribution in [0.25, 0.3) is 0 Å². The summed E-state index contributed by atoms with van der Waals surface area (Å²) in [4.78, 5) is 2.28. The molecule has 0 saturated heterocycles. The fourth-order valence-electron chi connectivity index (χ4n) is 2.29. The molecule has 2 nitrogen and oxygen atoms in total. The molecule has 82 valence electrons. The van der Waals surface area contributed by atoms with Crippen molar-refractivity contribution in [1.82, 2.24) is 4.90 Å². The first-order valence-corrected chi connectivity index (χ1v) is 5.60. The van der Waals surface area contributed by atoms with E-state index in [1.54, 1.807) is 0 Å². The highest BCUT2D eigenvalue weighted by Crippen LogP contribution is 2.48. The van der Waals surface area contributed by atoms with Gasteiger partial charge in [0, 0.05) is 18.5 Å². The summed E-state index contributed by atoms with van der Waals surface area (Å²) in [6.45, 7) is 1.80. The second kappa shape index (κ2) is 3.95. The first kappa shape index (κ1) is 10.7. The zero-order valence-electron chi connectivity index (χ0n) is 9.66. The van der Waals surface area contributed by atoms with Gasteiger partial charge in [0.15, 0.2) is 0 Å². The summed E-state index contributed by atoms with van der Waals surface area (Å²) in [6.07, 6.45) is 2.65. The molecule has 0 aromatic heterocycles. The Morgan fingerprint density at radius 2 is 1.80 bits per heavy atom. The van der Waals surface area contributed by atoms with E-state index in [1.807, 2.05) is 0 Å². The summed E-state index contributed by atoms with van der Waals surface area (Å²) >= 11 is 0. The molecule has 0 aliphatic heterocycles. The second-order valence-corrected chi connectivity index (χ2v) is 4.92. The van der Waals surface area contributed by atoms with Crippen LogP contribution in [0, 0.1) is 0 Å². The van der Waals surface area contributed by atoms with Crippen molar-refractivity contribution in [2.45, 2.75) is 24.8 Å². The van der Waals surface area contributed by atoms with Crippen molar-refractivity contribution >= 4 is 0 Å². The Bertz CT molecular complexity index is 323. The SMILES string of the molecule is CN(C)CC1(c2ccc(CN)cc2)CC1. The number of nitrogens with zero attached hydrogens (tertiary/aromatic N) is 1. The highest BCUT2D eigenvalue weighted by Gasteiger charge is 2.44. The van der Waals surface area contributed by atoms with Crippen molar-refractivity contribution in [3.63, 3.8) is 0 Å². The number of likely N-dealkylation sites (N-methyl/N-ethyl adjacent to an activating group) is 1. The number of hydrogen-bond acceptors (Lipinski definition) is 2. The lowest BCUT2D eigenvalue weighted by Gasteiger charge is -2.20. The average molecular weight is 204 g/mol. The zero-order chi connectivity index (χ0) is 10.9. The minimum atomic E-state index is 0.441. The monoisotopic (exact) mass is 204 g/mol. The van der Waals surface area contributed by atoms with E-state index in [0.29, 0.717) is 12.0 Å². The molecule has 1 aliphatic rings. The summed E-state index contributed by atoms with van der Waals surface area (Å²) in [6, 6.07) is 8.81. The molecule has 0 amide bonds. The van der Waals surface area contributed by atoms with Crippen LogP contribution < -0.4 is 5.73 Å². The van der Waals surface area contributed by atoms with E-state index in [-0.39, 0.29) is 0 Å². The minimum absolute atomic E-state index is 0.441. The van der Waals surface area contributed by atoms with Gasteiger partial charge < -0.3 is 10.6 Å². The van der Waals surface area contributed by atoms with Crippen molar-refractivity contribution in [2.24, 2.45) is 5.73 Å². The third kappa shape index (κ3) is 2.21. The number of rotatable bonds is 4. The molecule has 1 aromatic rings. The molecule has 2 rings (SSSR count). The lowest BCUT2D eigenvalue weighted by atomic mass is 9.94. The molecule has 0 spiro atoms. The predicted octanol–water partition coefficient (Wildman–Crippen LogP) is 1.74. The van der Waals surface area contributed by atoms with Crippen molar-refractivity contribution in [3.8, 4) is 0 Å². The molecular formula is C13H20N2. The maximum absolute atomic E-state index is 5.60. The van der Waals surface area contributed by atoms with E-state index in [4.69, 9.17) is 5.73 Å². The molecule has 1 saturated carbocycles. The van der Waals surface area contributed by atoms with Crippen molar-refractivity contribution in [2.75, 3.05) is 20.6 Å². The van der Waals surface area contributed by atoms with Gasteiger partial charge in [-0.1, -0.05) is 24.3 Å². The van der Waals surface area contributed by atoms with E-state index < -0.39 is 0 Å². The van der Waals surface area contributed by atoms with Crippen LogP contribution in [0.1, 0.15) is 24.0 Å². The summed E-state index contributed by atoms with van der Waals surface area (Å²) in [5, 5.41) is 0. The van der Waals surface area contributed by atoms with Crippen LogP contribution in [-0.2, 0) is 12.0 Å². The Kier molecular flexibility index (Phi) is 2.81. The number of nitrogens with two attached hydrogens (primary N) is 1. The molecule has 0 radical (unpaired) electrons. The quantitative estimate of drug-likeness (QED) is 0.809.